The van der Waals surface area contributed by atoms with Crippen LogP contribution in [-0.2, 0) is 9.59 Å². The predicted molar refractivity (Wildman–Crippen MR) is 135 cm³/mol. The molecule has 0 bridgehead atoms. The van der Waals surface area contributed by atoms with Gasteiger partial charge < -0.3 is 10.1 Å². The van der Waals surface area contributed by atoms with Crippen LogP contribution in [0, 0.1) is 12.7 Å². The van der Waals surface area contributed by atoms with Gasteiger partial charge in [-0.3, -0.25) is 14.5 Å². The van der Waals surface area contributed by atoms with E-state index in [0.717, 1.165) is 22.9 Å². The van der Waals surface area contributed by atoms with E-state index in [2.05, 4.69) is 10.3 Å². The van der Waals surface area contributed by atoms with E-state index in [1.54, 1.807) is 12.1 Å². The van der Waals surface area contributed by atoms with E-state index in [-0.39, 0.29) is 23.3 Å². The van der Waals surface area contributed by atoms with Gasteiger partial charge in [-0.15, -0.1) is 0 Å². The van der Waals surface area contributed by atoms with Crippen LogP contribution in [-0.4, -0.2) is 29.8 Å². The maximum Gasteiger partial charge on any atom is 0.283 e. The molecule has 1 N–H and O–H groups in total. The van der Waals surface area contributed by atoms with Crippen LogP contribution >= 0.6 is 11.8 Å². The summed E-state index contributed by atoms with van der Waals surface area (Å²) in [5.41, 5.74) is 3.07. The number of aliphatic imine (C=N–C) groups is 1. The Labute approximate surface area is 201 Å². The number of halogens is 1. The van der Waals surface area contributed by atoms with Gasteiger partial charge in [0.2, 0.25) is 5.91 Å². The van der Waals surface area contributed by atoms with Crippen molar-refractivity contribution in [3.05, 3.63) is 95.4 Å². The number of anilines is 2. The van der Waals surface area contributed by atoms with Crippen LogP contribution in [0.25, 0.3) is 6.08 Å². The Hall–Kier alpha value is -3.91. The van der Waals surface area contributed by atoms with Crippen LogP contribution in [0.5, 0.6) is 5.75 Å². The number of benzene rings is 3. The summed E-state index contributed by atoms with van der Waals surface area (Å²) in [6, 6.07) is 20.4. The maximum absolute atomic E-state index is 13.5. The molecule has 0 saturated heterocycles. The molecule has 172 valence electrons. The Balaban J connectivity index is 1.56. The minimum Gasteiger partial charge on any atom is -0.495 e. The number of carbonyl (C=O) groups is 2. The fraction of sp³-hybridized carbons (Fsp3) is 0.115. The van der Waals surface area contributed by atoms with E-state index < -0.39 is 5.82 Å². The molecule has 2 amide bonds. The topological polar surface area (TPSA) is 71.0 Å². The molecule has 0 unspecified atom stereocenters. The third kappa shape index (κ3) is 5.35. The predicted octanol–water partition coefficient (Wildman–Crippen LogP) is 5.26. The van der Waals surface area contributed by atoms with Crippen molar-refractivity contribution in [2.45, 2.75) is 6.92 Å². The van der Waals surface area contributed by atoms with Gasteiger partial charge in [-0.05, 0) is 60.5 Å². The molecule has 6 nitrogen and oxygen atoms in total. The van der Waals surface area contributed by atoms with Crippen molar-refractivity contribution in [2.24, 2.45) is 4.99 Å². The summed E-state index contributed by atoms with van der Waals surface area (Å²) in [5.74, 6) is -0.465. The van der Waals surface area contributed by atoms with Crippen molar-refractivity contribution in [2.75, 3.05) is 23.1 Å². The number of methoxy groups -OCH3 is 1. The molecule has 0 atom stereocenters. The van der Waals surface area contributed by atoms with Crippen molar-refractivity contribution >= 4 is 46.2 Å². The molecule has 0 aliphatic carbocycles. The molecule has 0 spiro atoms. The molecule has 4 rings (SSSR count). The van der Waals surface area contributed by atoms with Gasteiger partial charge in [-0.1, -0.05) is 48.2 Å². The van der Waals surface area contributed by atoms with Gasteiger partial charge in [-0.25, -0.2) is 9.38 Å². The number of hydrogen-bond donors (Lipinski definition) is 1. The molecule has 3 aromatic carbocycles. The second-order valence-electron chi connectivity index (χ2n) is 7.49. The van der Waals surface area contributed by atoms with E-state index in [9.17, 15) is 14.0 Å². The highest BCUT2D eigenvalue weighted by atomic mass is 32.2. The van der Waals surface area contributed by atoms with E-state index in [4.69, 9.17) is 4.74 Å². The zero-order valence-electron chi connectivity index (χ0n) is 18.6. The minimum atomic E-state index is -0.409. The quantitative estimate of drug-likeness (QED) is 0.494. The first-order valence-electron chi connectivity index (χ1n) is 10.5. The molecule has 0 radical (unpaired) electrons. The van der Waals surface area contributed by atoms with Crippen LogP contribution in [0.4, 0.5) is 15.8 Å². The SMILES string of the molecule is COc1ccc(C)cc1NC(=O)CSC1=NC(=Cc2ccccc2)C(=O)N1c1ccc(F)cc1. The lowest BCUT2D eigenvalue weighted by atomic mass is 10.2. The Morgan fingerprint density at radius 1 is 1.12 bits per heavy atom. The first-order chi connectivity index (χ1) is 16.4. The lowest BCUT2D eigenvalue weighted by Crippen LogP contribution is -2.31. The normalized spacial score (nSPS) is 14.3. The molecule has 1 aliphatic heterocycles. The summed E-state index contributed by atoms with van der Waals surface area (Å²) in [4.78, 5) is 31.7. The van der Waals surface area contributed by atoms with Gasteiger partial charge in [-0.2, -0.15) is 0 Å². The number of amides is 2. The van der Waals surface area contributed by atoms with Gasteiger partial charge in [0, 0.05) is 0 Å². The fourth-order valence-electron chi connectivity index (χ4n) is 3.35. The molecule has 1 aliphatic rings. The van der Waals surface area contributed by atoms with Gasteiger partial charge in [0.25, 0.3) is 5.91 Å². The summed E-state index contributed by atoms with van der Waals surface area (Å²) in [7, 11) is 1.54. The van der Waals surface area contributed by atoms with E-state index >= 15 is 0 Å². The summed E-state index contributed by atoms with van der Waals surface area (Å²) in [6.07, 6.45) is 1.68. The van der Waals surface area contributed by atoms with Gasteiger partial charge in [0.15, 0.2) is 5.17 Å². The monoisotopic (exact) mass is 475 g/mol. The van der Waals surface area contributed by atoms with Crippen LogP contribution in [0.2, 0.25) is 0 Å². The molecule has 0 saturated carbocycles. The molecule has 3 aromatic rings. The van der Waals surface area contributed by atoms with Gasteiger partial charge in [0.05, 0.1) is 24.2 Å². The van der Waals surface area contributed by atoms with Crippen LogP contribution in [0.3, 0.4) is 0 Å². The average molecular weight is 476 g/mol. The van der Waals surface area contributed by atoms with E-state index in [1.165, 1.54) is 36.3 Å². The molecular formula is C26H22FN3O3S. The largest absolute Gasteiger partial charge is 0.495 e. The highest BCUT2D eigenvalue weighted by Gasteiger charge is 2.32. The molecule has 0 fully saturated rings. The summed E-state index contributed by atoms with van der Waals surface area (Å²) >= 11 is 1.12. The Kier molecular flexibility index (Phi) is 7.08. The number of nitrogens with zero attached hydrogens (tertiary/aromatic N) is 2. The molecule has 0 aromatic heterocycles. The number of hydrogen-bond acceptors (Lipinski definition) is 5. The molecular weight excluding hydrogens is 453 g/mol. The first kappa shape index (κ1) is 23.3. The van der Waals surface area contributed by atoms with Gasteiger partial charge in [0.1, 0.15) is 17.3 Å². The van der Waals surface area contributed by atoms with E-state index in [1.807, 2.05) is 49.4 Å². The highest BCUT2D eigenvalue weighted by Crippen LogP contribution is 2.30. The zero-order valence-corrected chi connectivity index (χ0v) is 19.4. The van der Waals surface area contributed by atoms with E-state index in [0.29, 0.717) is 22.3 Å². The first-order valence-corrected chi connectivity index (χ1v) is 11.5. The number of carbonyl (C=O) groups excluding carboxylic acids is 2. The highest BCUT2D eigenvalue weighted by molar-refractivity contribution is 8.14. The van der Waals surface area contributed by atoms with Crippen LogP contribution in [0.15, 0.2) is 83.5 Å². The number of nitrogens with one attached hydrogen (secondary N) is 1. The standard InChI is InChI=1S/C26H22FN3O3S/c1-17-8-13-23(33-2)21(14-17)28-24(31)16-34-26-29-22(15-18-6-4-3-5-7-18)25(32)30(26)20-11-9-19(27)10-12-20/h3-15H,16H2,1-2H3,(H,28,31). The van der Waals surface area contributed by atoms with Crippen molar-refractivity contribution in [1.82, 2.24) is 0 Å². The van der Waals surface area contributed by atoms with Crippen LogP contribution in [0.1, 0.15) is 11.1 Å². The number of aryl methyl sites for hydroxylation is 1. The minimum absolute atomic E-state index is 0.0134. The maximum atomic E-state index is 13.5. The lowest BCUT2D eigenvalue weighted by Gasteiger charge is -2.18. The smallest absolute Gasteiger partial charge is 0.283 e. The Morgan fingerprint density at radius 2 is 1.85 bits per heavy atom. The van der Waals surface area contributed by atoms with Crippen molar-refractivity contribution in [1.29, 1.82) is 0 Å². The lowest BCUT2D eigenvalue weighted by molar-refractivity contribution is -0.114. The summed E-state index contributed by atoms with van der Waals surface area (Å²) in [5, 5.41) is 3.18. The number of amidine groups is 1. The average Bonchev–Trinajstić information content (AvgIpc) is 3.14. The summed E-state index contributed by atoms with van der Waals surface area (Å²) in [6.45, 7) is 1.92. The Bertz CT molecular complexity index is 1270. The van der Waals surface area contributed by atoms with Crippen molar-refractivity contribution < 1.29 is 18.7 Å². The second kappa shape index (κ2) is 10.4. The molecule has 1 heterocycles. The van der Waals surface area contributed by atoms with Crippen molar-refractivity contribution in [3.8, 4) is 5.75 Å². The third-order valence-corrected chi connectivity index (χ3v) is 5.92. The summed E-state index contributed by atoms with van der Waals surface area (Å²) < 4.78 is 18.8. The van der Waals surface area contributed by atoms with Gasteiger partial charge >= 0.3 is 0 Å². The Morgan fingerprint density at radius 3 is 2.56 bits per heavy atom. The third-order valence-electron chi connectivity index (χ3n) is 4.98. The number of thioether (sulfide) groups is 1. The zero-order chi connectivity index (χ0) is 24.1. The fourth-order valence-corrected chi connectivity index (χ4v) is 4.17. The molecule has 34 heavy (non-hydrogen) atoms. The molecule has 8 heteroatoms. The van der Waals surface area contributed by atoms with Crippen LogP contribution < -0.4 is 15.0 Å². The second-order valence-corrected chi connectivity index (χ2v) is 8.43. The van der Waals surface area contributed by atoms with Crippen molar-refractivity contribution in [3.63, 3.8) is 0 Å². The number of rotatable bonds is 6. The number of ether oxygens (including phenoxy) is 1.